The van der Waals surface area contributed by atoms with Gasteiger partial charge >= 0.3 is 10.8 Å². The predicted octanol–water partition coefficient (Wildman–Crippen LogP) is 3.81. The van der Waals surface area contributed by atoms with Crippen molar-refractivity contribution in [2.75, 3.05) is 16.8 Å². The topological polar surface area (TPSA) is 115 Å². The highest BCUT2D eigenvalue weighted by Gasteiger charge is 2.59. The van der Waals surface area contributed by atoms with E-state index in [1.54, 1.807) is 6.92 Å². The Bertz CT molecular complexity index is 1540. The number of hydrogen-bond donors (Lipinski definition) is 1. The summed E-state index contributed by atoms with van der Waals surface area (Å²) in [5, 5.41) is 2.32. The molecule has 2 aromatic carbocycles. The monoisotopic (exact) mass is 569 g/mol. The Balaban J connectivity index is 1.42. The molecule has 0 radical (unpaired) electrons. The number of carbonyl (C=O) groups excluding carboxylic acids is 4. The quantitative estimate of drug-likeness (QED) is 0.355. The van der Waals surface area contributed by atoms with Crippen molar-refractivity contribution in [3.05, 3.63) is 74.5 Å². The Morgan fingerprint density at radius 3 is 2.33 bits per heavy atom. The number of nitrogens with one attached hydrogen (secondary N) is 1. The fourth-order valence-corrected chi connectivity index (χ4v) is 7.90. The number of carbonyl (C=O) groups is 4. The molecule has 39 heavy (non-hydrogen) atoms. The standard InChI is InChI=1S/C27H24FN3O6S2/c1-4-37-25(35)14-5-11-17(12-6-14)31-22(33)19-20(23(31)34)38-24-21(27(19,2)3)39-26(36)30(24)13-18(32)29-16-9-7-15(28)8-10-16/h5-12,19-20H,4,13H2,1-3H3,(H,29,32)/t19-,20+/m1/s1. The molecule has 1 aromatic heterocycles. The van der Waals surface area contributed by atoms with E-state index in [0.717, 1.165) is 28.0 Å². The second kappa shape index (κ2) is 10.1. The Labute approximate surface area is 231 Å². The summed E-state index contributed by atoms with van der Waals surface area (Å²) in [6.07, 6.45) is 0. The van der Waals surface area contributed by atoms with E-state index in [9.17, 15) is 28.4 Å². The molecule has 9 nitrogen and oxygen atoms in total. The molecule has 5 rings (SSSR count). The fraction of sp³-hybridized carbons (Fsp3) is 0.296. The highest BCUT2D eigenvalue weighted by Crippen LogP contribution is 2.54. The maximum atomic E-state index is 13.6. The van der Waals surface area contributed by atoms with Gasteiger partial charge in [0.1, 0.15) is 17.6 Å². The van der Waals surface area contributed by atoms with Crippen LogP contribution in [0.25, 0.3) is 0 Å². The molecular formula is C27H24FN3O6S2. The van der Waals surface area contributed by atoms with Crippen molar-refractivity contribution < 1.29 is 28.3 Å². The Hall–Kier alpha value is -3.77. The number of imide groups is 1. The smallest absolute Gasteiger partial charge is 0.338 e. The molecule has 2 aliphatic rings. The minimum atomic E-state index is -0.861. The molecule has 3 heterocycles. The van der Waals surface area contributed by atoms with Crippen LogP contribution in [0.15, 0.2) is 58.4 Å². The minimum absolute atomic E-state index is 0.225. The minimum Gasteiger partial charge on any atom is -0.462 e. The van der Waals surface area contributed by atoms with E-state index in [1.165, 1.54) is 53.1 Å². The average Bonchev–Trinajstić information content (AvgIpc) is 3.34. The molecule has 0 bridgehead atoms. The molecule has 0 spiro atoms. The highest BCUT2D eigenvalue weighted by molar-refractivity contribution is 8.00. The molecule has 12 heteroatoms. The van der Waals surface area contributed by atoms with E-state index in [-0.39, 0.29) is 18.0 Å². The van der Waals surface area contributed by atoms with Crippen LogP contribution in [0.4, 0.5) is 15.8 Å². The van der Waals surface area contributed by atoms with Crippen molar-refractivity contribution in [2.24, 2.45) is 5.92 Å². The molecular weight excluding hydrogens is 545 g/mol. The second-order valence-electron chi connectivity index (χ2n) is 9.66. The molecule has 1 saturated heterocycles. The van der Waals surface area contributed by atoms with Crippen LogP contribution in [0, 0.1) is 11.7 Å². The lowest BCUT2D eigenvalue weighted by molar-refractivity contribution is -0.123. The number of ether oxygens (including phenoxy) is 1. The van der Waals surface area contributed by atoms with Crippen LogP contribution in [-0.2, 0) is 31.1 Å². The predicted molar refractivity (Wildman–Crippen MR) is 145 cm³/mol. The number of fused-ring (bicyclic) bond motifs is 2. The first-order valence-corrected chi connectivity index (χ1v) is 13.8. The lowest BCUT2D eigenvalue weighted by atomic mass is 9.76. The van der Waals surface area contributed by atoms with Gasteiger partial charge in [-0.1, -0.05) is 36.9 Å². The first-order chi connectivity index (χ1) is 18.5. The van der Waals surface area contributed by atoms with Gasteiger partial charge in [-0.05, 0) is 55.5 Å². The third kappa shape index (κ3) is 4.67. The molecule has 1 N–H and O–H groups in total. The van der Waals surface area contributed by atoms with Crippen LogP contribution in [0.2, 0.25) is 0 Å². The van der Waals surface area contributed by atoms with Gasteiger partial charge in [0.2, 0.25) is 17.7 Å². The van der Waals surface area contributed by atoms with Gasteiger partial charge in [-0.3, -0.25) is 23.7 Å². The summed E-state index contributed by atoms with van der Waals surface area (Å²) in [6.45, 7) is 5.26. The molecule has 3 amide bonds. The van der Waals surface area contributed by atoms with Crippen molar-refractivity contribution in [3.8, 4) is 0 Å². The maximum absolute atomic E-state index is 13.6. The van der Waals surface area contributed by atoms with Crippen LogP contribution >= 0.6 is 23.1 Å². The highest BCUT2D eigenvalue weighted by atomic mass is 32.2. The summed E-state index contributed by atoms with van der Waals surface area (Å²) in [5.74, 6) is -2.98. The molecule has 2 aliphatic heterocycles. The second-order valence-corrected chi connectivity index (χ2v) is 11.8. The first kappa shape index (κ1) is 26.8. The van der Waals surface area contributed by atoms with Gasteiger partial charge < -0.3 is 10.1 Å². The van der Waals surface area contributed by atoms with E-state index in [4.69, 9.17) is 4.74 Å². The van der Waals surface area contributed by atoms with Crippen molar-refractivity contribution >= 4 is 58.2 Å². The SMILES string of the molecule is CCOC(=O)c1ccc(N2C(=O)[C@H]3Sc4c(sc(=O)n4CC(=O)Nc4ccc(F)cc4)C(C)(C)[C@H]3C2=O)cc1. The zero-order valence-corrected chi connectivity index (χ0v) is 22.9. The van der Waals surface area contributed by atoms with Gasteiger partial charge in [0.05, 0.1) is 28.8 Å². The van der Waals surface area contributed by atoms with Crippen LogP contribution in [0.1, 0.15) is 36.0 Å². The molecule has 3 aromatic rings. The van der Waals surface area contributed by atoms with Gasteiger partial charge in [0.15, 0.2) is 0 Å². The van der Waals surface area contributed by atoms with Crippen LogP contribution in [-0.4, -0.2) is 40.1 Å². The normalized spacial score (nSPS) is 19.4. The lowest BCUT2D eigenvalue weighted by Crippen LogP contribution is -2.41. The Morgan fingerprint density at radius 2 is 1.69 bits per heavy atom. The molecule has 0 aliphatic carbocycles. The largest absolute Gasteiger partial charge is 0.462 e. The van der Waals surface area contributed by atoms with E-state index in [0.29, 0.717) is 26.8 Å². The number of esters is 1. The lowest BCUT2D eigenvalue weighted by Gasteiger charge is -2.36. The van der Waals surface area contributed by atoms with Crippen LogP contribution in [0.5, 0.6) is 0 Å². The summed E-state index contributed by atoms with van der Waals surface area (Å²) in [6, 6.07) is 11.3. The number of amides is 3. The van der Waals surface area contributed by atoms with Crippen molar-refractivity contribution in [1.29, 1.82) is 0 Å². The number of anilines is 2. The first-order valence-electron chi connectivity index (χ1n) is 12.1. The number of nitrogens with zero attached hydrogens (tertiary/aromatic N) is 2. The molecule has 1 fully saturated rings. The van der Waals surface area contributed by atoms with Gasteiger partial charge in [-0.2, -0.15) is 0 Å². The summed E-state index contributed by atoms with van der Waals surface area (Å²) < 4.78 is 19.5. The zero-order valence-electron chi connectivity index (χ0n) is 21.2. The summed E-state index contributed by atoms with van der Waals surface area (Å²) in [4.78, 5) is 66.3. The van der Waals surface area contributed by atoms with Gasteiger partial charge in [-0.25, -0.2) is 14.1 Å². The third-order valence-corrected chi connectivity index (χ3v) is 9.59. The van der Waals surface area contributed by atoms with E-state index in [1.807, 2.05) is 13.8 Å². The summed E-state index contributed by atoms with van der Waals surface area (Å²) in [7, 11) is 0. The zero-order chi connectivity index (χ0) is 28.1. The van der Waals surface area contributed by atoms with Crippen molar-refractivity contribution in [3.63, 3.8) is 0 Å². The maximum Gasteiger partial charge on any atom is 0.338 e. The number of thiazole rings is 1. The number of benzene rings is 2. The number of halogens is 1. The van der Waals surface area contributed by atoms with E-state index in [2.05, 4.69) is 5.32 Å². The van der Waals surface area contributed by atoms with Gasteiger partial charge in [-0.15, -0.1) is 0 Å². The average molecular weight is 570 g/mol. The Morgan fingerprint density at radius 1 is 1.03 bits per heavy atom. The van der Waals surface area contributed by atoms with Crippen molar-refractivity contribution in [2.45, 2.75) is 43.0 Å². The molecule has 202 valence electrons. The van der Waals surface area contributed by atoms with E-state index < -0.39 is 46.1 Å². The number of rotatable bonds is 6. The van der Waals surface area contributed by atoms with Crippen molar-refractivity contribution in [1.82, 2.24) is 4.57 Å². The van der Waals surface area contributed by atoms with Gasteiger partial charge in [0.25, 0.3) is 0 Å². The third-order valence-electron chi connectivity index (χ3n) is 6.77. The number of aromatic nitrogens is 1. The Kier molecular flexibility index (Phi) is 6.93. The van der Waals surface area contributed by atoms with E-state index >= 15 is 0 Å². The summed E-state index contributed by atoms with van der Waals surface area (Å²) >= 11 is 2.07. The van der Waals surface area contributed by atoms with Crippen LogP contribution in [0.3, 0.4) is 0 Å². The van der Waals surface area contributed by atoms with Crippen LogP contribution < -0.4 is 15.1 Å². The number of thioether (sulfide) groups is 1. The molecule has 2 atom stereocenters. The molecule has 0 unspecified atom stereocenters. The summed E-state index contributed by atoms with van der Waals surface area (Å²) in [5.41, 5.74) is 0.160. The molecule has 0 saturated carbocycles. The number of hydrogen-bond acceptors (Lipinski definition) is 8. The van der Waals surface area contributed by atoms with Gasteiger partial charge in [0, 0.05) is 16.0 Å². The fourth-order valence-electron chi connectivity index (χ4n) is 4.86.